The van der Waals surface area contributed by atoms with Gasteiger partial charge >= 0.3 is 0 Å². The molecule has 20 heavy (non-hydrogen) atoms. The number of hydrogen-bond donors (Lipinski definition) is 1. The van der Waals surface area contributed by atoms with Crippen molar-refractivity contribution in [3.8, 4) is 0 Å². The van der Waals surface area contributed by atoms with E-state index in [2.05, 4.69) is 10.2 Å². The van der Waals surface area contributed by atoms with Crippen LogP contribution in [0.15, 0.2) is 16.3 Å². The second-order valence-electron chi connectivity index (χ2n) is 5.47. The molecule has 2 aliphatic rings. The molecule has 1 atom stereocenters. The van der Waals surface area contributed by atoms with Gasteiger partial charge < -0.3 is 5.32 Å². The highest BCUT2D eigenvalue weighted by atomic mass is 32.2. The van der Waals surface area contributed by atoms with Gasteiger partial charge in [-0.3, -0.25) is 4.90 Å². The predicted octanol–water partition coefficient (Wildman–Crippen LogP) is 0.936. The van der Waals surface area contributed by atoms with Gasteiger partial charge in [-0.2, -0.15) is 4.31 Å². The van der Waals surface area contributed by atoms with Crippen LogP contribution in [0.5, 0.6) is 0 Å². The van der Waals surface area contributed by atoms with Crippen LogP contribution in [0.25, 0.3) is 0 Å². The summed E-state index contributed by atoms with van der Waals surface area (Å²) in [4.78, 5) is 3.94. The number of nitrogens with one attached hydrogen (secondary N) is 1. The zero-order chi connectivity index (χ0) is 14.2. The van der Waals surface area contributed by atoms with E-state index in [0.717, 1.165) is 30.9 Å². The third-order valence-corrected chi connectivity index (χ3v) is 7.10. The van der Waals surface area contributed by atoms with E-state index in [-0.39, 0.29) is 0 Å². The van der Waals surface area contributed by atoms with Crippen molar-refractivity contribution in [2.24, 2.45) is 0 Å². The Labute approximate surface area is 124 Å². The normalized spacial score (nSPS) is 24.9. The first-order valence-corrected chi connectivity index (χ1v) is 9.39. The zero-order valence-electron chi connectivity index (χ0n) is 11.7. The van der Waals surface area contributed by atoms with Crippen LogP contribution in [-0.4, -0.2) is 56.9 Å². The van der Waals surface area contributed by atoms with E-state index in [9.17, 15) is 8.42 Å². The van der Waals surface area contributed by atoms with Crippen LogP contribution in [0.3, 0.4) is 0 Å². The summed E-state index contributed by atoms with van der Waals surface area (Å²) < 4.78 is 27.0. The highest BCUT2D eigenvalue weighted by Crippen LogP contribution is 2.27. The fourth-order valence-corrected chi connectivity index (χ4v) is 5.84. The number of rotatable bonds is 4. The van der Waals surface area contributed by atoms with Gasteiger partial charge in [0.25, 0.3) is 0 Å². The Hall–Kier alpha value is -0.470. The fraction of sp³-hybridized carbons (Fsp3) is 0.692. The molecule has 3 heterocycles. The van der Waals surface area contributed by atoms with Crippen molar-refractivity contribution in [2.45, 2.75) is 30.3 Å². The maximum Gasteiger partial charge on any atom is 0.244 e. The lowest BCUT2D eigenvalue weighted by atomic mass is 10.2. The zero-order valence-corrected chi connectivity index (χ0v) is 13.3. The first-order chi connectivity index (χ1) is 9.61. The molecular weight excluding hydrogens is 294 g/mol. The van der Waals surface area contributed by atoms with Crippen molar-refractivity contribution >= 4 is 21.4 Å². The van der Waals surface area contributed by atoms with Gasteiger partial charge in [0.1, 0.15) is 0 Å². The molecule has 0 amide bonds. The molecule has 0 saturated carbocycles. The SMILES string of the molecule is CNCc1cc(S(=O)(=O)N2CCN3CCCC3C2)cs1. The Morgan fingerprint density at radius 2 is 2.25 bits per heavy atom. The molecule has 2 fully saturated rings. The van der Waals surface area contributed by atoms with Gasteiger partial charge in [0.2, 0.25) is 10.0 Å². The number of fused-ring (bicyclic) bond motifs is 1. The molecule has 112 valence electrons. The molecule has 0 aromatic carbocycles. The smallest absolute Gasteiger partial charge is 0.244 e. The summed E-state index contributed by atoms with van der Waals surface area (Å²) in [7, 11) is -1.44. The minimum atomic E-state index is -3.31. The predicted molar refractivity (Wildman–Crippen MR) is 80.4 cm³/mol. The molecule has 1 aromatic rings. The van der Waals surface area contributed by atoms with Crippen molar-refractivity contribution in [2.75, 3.05) is 33.2 Å². The Morgan fingerprint density at radius 1 is 1.40 bits per heavy atom. The maximum atomic E-state index is 12.7. The van der Waals surface area contributed by atoms with Gasteiger partial charge in [-0.05, 0) is 32.5 Å². The monoisotopic (exact) mass is 315 g/mol. The lowest BCUT2D eigenvalue weighted by Gasteiger charge is -2.36. The van der Waals surface area contributed by atoms with Crippen LogP contribution < -0.4 is 5.32 Å². The highest BCUT2D eigenvalue weighted by molar-refractivity contribution is 7.89. The van der Waals surface area contributed by atoms with E-state index in [4.69, 9.17) is 0 Å². The average Bonchev–Trinajstić information content (AvgIpc) is 3.06. The summed E-state index contributed by atoms with van der Waals surface area (Å²) in [5.74, 6) is 0. The van der Waals surface area contributed by atoms with E-state index in [1.807, 2.05) is 7.05 Å². The molecule has 2 saturated heterocycles. The third kappa shape index (κ3) is 2.65. The van der Waals surface area contributed by atoms with Gasteiger partial charge in [0.15, 0.2) is 0 Å². The fourth-order valence-electron chi connectivity index (χ4n) is 3.09. The van der Waals surface area contributed by atoms with Crippen LogP contribution in [0.4, 0.5) is 0 Å². The molecule has 0 bridgehead atoms. The standard InChI is InChI=1S/C13H21N3O2S2/c1-14-8-12-7-13(10-19-12)20(17,18)16-6-5-15-4-2-3-11(15)9-16/h7,10-11,14H,2-6,8-9H2,1H3. The number of nitrogens with zero attached hydrogens (tertiary/aromatic N) is 2. The summed E-state index contributed by atoms with van der Waals surface area (Å²) in [5, 5.41) is 4.82. The lowest BCUT2D eigenvalue weighted by Crippen LogP contribution is -2.51. The van der Waals surface area contributed by atoms with Gasteiger partial charge in [0, 0.05) is 42.5 Å². The largest absolute Gasteiger partial charge is 0.315 e. The van der Waals surface area contributed by atoms with Crippen molar-refractivity contribution in [1.29, 1.82) is 0 Å². The minimum absolute atomic E-state index is 0.425. The van der Waals surface area contributed by atoms with E-state index in [1.54, 1.807) is 15.8 Å². The average molecular weight is 315 g/mol. The van der Waals surface area contributed by atoms with Gasteiger partial charge in [0.05, 0.1) is 4.90 Å². The molecule has 1 N–H and O–H groups in total. The van der Waals surface area contributed by atoms with Crippen molar-refractivity contribution in [1.82, 2.24) is 14.5 Å². The van der Waals surface area contributed by atoms with E-state index < -0.39 is 10.0 Å². The molecule has 5 nitrogen and oxygen atoms in total. The first kappa shape index (κ1) is 14.5. The summed E-state index contributed by atoms with van der Waals surface area (Å²) in [6.45, 7) is 3.99. The van der Waals surface area contributed by atoms with E-state index in [1.165, 1.54) is 17.8 Å². The second kappa shape index (κ2) is 5.73. The number of piperazine rings is 1. The molecule has 2 aliphatic heterocycles. The van der Waals surface area contributed by atoms with Crippen LogP contribution in [0, 0.1) is 0 Å². The minimum Gasteiger partial charge on any atom is -0.315 e. The van der Waals surface area contributed by atoms with Crippen molar-refractivity contribution in [3.05, 3.63) is 16.3 Å². The summed E-state index contributed by atoms with van der Waals surface area (Å²) in [5.41, 5.74) is 0. The Bertz CT molecular complexity index is 570. The summed E-state index contributed by atoms with van der Waals surface area (Å²) in [6.07, 6.45) is 2.32. The van der Waals surface area contributed by atoms with Crippen molar-refractivity contribution in [3.63, 3.8) is 0 Å². The second-order valence-corrected chi connectivity index (χ2v) is 8.41. The van der Waals surface area contributed by atoms with Crippen LogP contribution in [0.2, 0.25) is 0 Å². The van der Waals surface area contributed by atoms with Gasteiger partial charge in [-0.15, -0.1) is 11.3 Å². The third-order valence-electron chi connectivity index (χ3n) is 4.17. The molecule has 3 rings (SSSR count). The Kier molecular flexibility index (Phi) is 4.14. The molecule has 0 aliphatic carbocycles. The number of thiophene rings is 1. The van der Waals surface area contributed by atoms with Crippen LogP contribution in [0.1, 0.15) is 17.7 Å². The summed E-state index contributed by atoms with van der Waals surface area (Å²) in [6, 6.07) is 2.23. The molecule has 7 heteroatoms. The molecule has 0 spiro atoms. The van der Waals surface area contributed by atoms with Crippen LogP contribution >= 0.6 is 11.3 Å². The number of sulfonamides is 1. The van der Waals surface area contributed by atoms with E-state index >= 15 is 0 Å². The molecule has 1 aromatic heterocycles. The van der Waals surface area contributed by atoms with Crippen molar-refractivity contribution < 1.29 is 8.42 Å². The van der Waals surface area contributed by atoms with Gasteiger partial charge in [-0.1, -0.05) is 0 Å². The van der Waals surface area contributed by atoms with Gasteiger partial charge in [-0.25, -0.2) is 8.42 Å². The lowest BCUT2D eigenvalue weighted by molar-refractivity contribution is 0.158. The maximum absolute atomic E-state index is 12.7. The quantitative estimate of drug-likeness (QED) is 0.898. The van der Waals surface area contributed by atoms with Crippen LogP contribution in [-0.2, 0) is 16.6 Å². The topological polar surface area (TPSA) is 52.7 Å². The highest BCUT2D eigenvalue weighted by Gasteiger charge is 2.36. The number of hydrogen-bond acceptors (Lipinski definition) is 5. The molecule has 1 unspecified atom stereocenters. The molecule has 0 radical (unpaired) electrons. The Morgan fingerprint density at radius 3 is 3.05 bits per heavy atom. The summed E-state index contributed by atoms with van der Waals surface area (Å²) >= 11 is 1.51. The Balaban J connectivity index is 1.77. The van der Waals surface area contributed by atoms with E-state index in [0.29, 0.717) is 24.0 Å². The molecular formula is C13H21N3O2S2. The first-order valence-electron chi connectivity index (χ1n) is 7.07.